The monoisotopic (exact) mass is 472 g/mol. The van der Waals surface area contributed by atoms with Crippen molar-refractivity contribution in [3.63, 3.8) is 0 Å². The van der Waals surface area contributed by atoms with E-state index in [4.69, 9.17) is 4.74 Å². The first-order valence-corrected chi connectivity index (χ1v) is 11.4. The largest absolute Gasteiger partial charge is 0.497 e. The van der Waals surface area contributed by atoms with Gasteiger partial charge < -0.3 is 14.6 Å². The fraction of sp³-hybridized carbons (Fsp3) is 0.259. The summed E-state index contributed by atoms with van der Waals surface area (Å²) >= 11 is 0. The van der Waals surface area contributed by atoms with Gasteiger partial charge in [0, 0.05) is 35.9 Å². The van der Waals surface area contributed by atoms with Crippen molar-refractivity contribution >= 4 is 22.5 Å². The van der Waals surface area contributed by atoms with Crippen LogP contribution < -0.4 is 15.6 Å². The maximum atomic E-state index is 13.3. The predicted octanol–water partition coefficient (Wildman–Crippen LogP) is 3.31. The number of hydrogen-bond acceptors (Lipinski definition) is 5. The molecule has 0 aliphatic rings. The zero-order chi connectivity index (χ0) is 25.1. The number of hydrogen-bond donors (Lipinski definition) is 1. The molecule has 8 nitrogen and oxygen atoms in total. The number of aryl methyl sites for hydroxylation is 2. The number of carbonyl (C=O) groups is 2. The minimum atomic E-state index is -0.417. The smallest absolute Gasteiger partial charge is 0.275 e. The molecule has 2 heterocycles. The van der Waals surface area contributed by atoms with Gasteiger partial charge in [0.25, 0.3) is 11.5 Å². The van der Waals surface area contributed by atoms with Gasteiger partial charge in [-0.2, -0.15) is 5.10 Å². The van der Waals surface area contributed by atoms with E-state index in [1.165, 1.54) is 12.6 Å². The van der Waals surface area contributed by atoms with Crippen LogP contribution in [-0.4, -0.2) is 40.2 Å². The van der Waals surface area contributed by atoms with Crippen molar-refractivity contribution in [2.24, 2.45) is 0 Å². The standard InChI is InChI=1S/C27H28N4O4/c1-17-15-23(18(2)30(17)14-13-19-9-11-20(35-4)12-10-19)24(32)16-31-27(34)22-8-6-5-7-21(22)25(29-31)26(33)28-3/h5-12,15H,13-14,16H2,1-4H3,(H,28,33). The molecule has 35 heavy (non-hydrogen) atoms. The topological polar surface area (TPSA) is 95.2 Å². The first kappa shape index (κ1) is 23.9. The first-order valence-electron chi connectivity index (χ1n) is 11.4. The van der Waals surface area contributed by atoms with Crippen LogP contribution in [0.15, 0.2) is 59.4 Å². The van der Waals surface area contributed by atoms with E-state index in [0.29, 0.717) is 22.9 Å². The third-order valence-corrected chi connectivity index (χ3v) is 6.26. The van der Waals surface area contributed by atoms with E-state index < -0.39 is 11.5 Å². The van der Waals surface area contributed by atoms with Gasteiger partial charge in [-0.1, -0.05) is 30.3 Å². The van der Waals surface area contributed by atoms with Crippen molar-refractivity contribution in [1.29, 1.82) is 0 Å². The van der Waals surface area contributed by atoms with E-state index in [2.05, 4.69) is 15.0 Å². The zero-order valence-electron chi connectivity index (χ0n) is 20.3. The lowest BCUT2D eigenvalue weighted by Gasteiger charge is -2.11. The van der Waals surface area contributed by atoms with Gasteiger partial charge in [-0.05, 0) is 50.1 Å². The zero-order valence-corrected chi connectivity index (χ0v) is 20.3. The molecule has 0 saturated heterocycles. The molecule has 0 aliphatic carbocycles. The highest BCUT2D eigenvalue weighted by Gasteiger charge is 2.20. The molecule has 0 radical (unpaired) electrons. The van der Waals surface area contributed by atoms with Crippen molar-refractivity contribution in [2.75, 3.05) is 14.2 Å². The van der Waals surface area contributed by atoms with Crippen molar-refractivity contribution in [1.82, 2.24) is 19.7 Å². The Morgan fingerprint density at radius 1 is 1.03 bits per heavy atom. The lowest BCUT2D eigenvalue weighted by molar-refractivity contribution is 0.0940. The molecule has 0 aliphatic heterocycles. The van der Waals surface area contributed by atoms with Gasteiger partial charge in [0.15, 0.2) is 11.5 Å². The van der Waals surface area contributed by atoms with Gasteiger partial charge in [-0.25, -0.2) is 4.68 Å². The molecule has 180 valence electrons. The van der Waals surface area contributed by atoms with E-state index in [1.807, 2.05) is 44.2 Å². The Bertz CT molecular complexity index is 1470. The minimum absolute atomic E-state index is 0.112. The molecule has 8 heteroatoms. The van der Waals surface area contributed by atoms with Crippen LogP contribution in [0.5, 0.6) is 5.75 Å². The third-order valence-electron chi connectivity index (χ3n) is 6.26. The quantitative estimate of drug-likeness (QED) is 0.397. The number of Topliss-reactive ketones (excluding diaryl/α,β-unsaturated/α-hetero) is 1. The highest BCUT2D eigenvalue weighted by molar-refractivity contribution is 6.05. The molecule has 1 amide bonds. The summed E-state index contributed by atoms with van der Waals surface area (Å²) in [7, 11) is 3.14. The number of nitrogens with one attached hydrogen (secondary N) is 1. The van der Waals surface area contributed by atoms with E-state index in [-0.39, 0.29) is 18.0 Å². The van der Waals surface area contributed by atoms with E-state index in [9.17, 15) is 14.4 Å². The Hall–Kier alpha value is -4.20. The van der Waals surface area contributed by atoms with Crippen LogP contribution >= 0.6 is 0 Å². The Labute approximate surface area is 203 Å². The summed E-state index contributed by atoms with van der Waals surface area (Å²) < 4.78 is 8.40. The van der Waals surface area contributed by atoms with Crippen LogP contribution in [0.1, 0.15) is 37.8 Å². The number of ether oxygens (including phenoxy) is 1. The number of ketones is 1. The number of benzene rings is 2. The second kappa shape index (κ2) is 9.97. The predicted molar refractivity (Wildman–Crippen MR) is 134 cm³/mol. The SMILES string of the molecule is CNC(=O)c1nn(CC(=O)c2cc(C)n(CCc3ccc(OC)cc3)c2C)c(=O)c2ccccc12. The van der Waals surface area contributed by atoms with Crippen molar-refractivity contribution < 1.29 is 14.3 Å². The summed E-state index contributed by atoms with van der Waals surface area (Å²) in [6, 6.07) is 16.5. The molecule has 2 aromatic carbocycles. The second-order valence-electron chi connectivity index (χ2n) is 8.39. The van der Waals surface area contributed by atoms with Gasteiger partial charge in [0.1, 0.15) is 12.3 Å². The number of aromatic nitrogens is 3. The molecule has 1 N–H and O–H groups in total. The summed E-state index contributed by atoms with van der Waals surface area (Å²) in [5.41, 5.74) is 3.21. The maximum absolute atomic E-state index is 13.3. The first-order chi connectivity index (χ1) is 16.8. The van der Waals surface area contributed by atoms with Crippen LogP contribution in [0.2, 0.25) is 0 Å². The van der Waals surface area contributed by atoms with Crippen LogP contribution in [-0.2, 0) is 19.5 Å². The third kappa shape index (κ3) is 4.73. The highest BCUT2D eigenvalue weighted by atomic mass is 16.5. The summed E-state index contributed by atoms with van der Waals surface area (Å²) in [4.78, 5) is 38.7. The normalized spacial score (nSPS) is 11.0. The minimum Gasteiger partial charge on any atom is -0.497 e. The van der Waals surface area contributed by atoms with E-state index in [0.717, 1.165) is 28.2 Å². The summed E-state index contributed by atoms with van der Waals surface area (Å²) in [6.45, 7) is 4.32. The van der Waals surface area contributed by atoms with Gasteiger partial charge in [0.05, 0.1) is 12.5 Å². The van der Waals surface area contributed by atoms with Crippen LogP contribution in [0, 0.1) is 13.8 Å². The number of amides is 1. The summed E-state index contributed by atoms with van der Waals surface area (Å²) in [5, 5.41) is 7.59. The lowest BCUT2D eigenvalue weighted by atomic mass is 10.1. The molecule has 0 atom stereocenters. The van der Waals surface area contributed by atoms with E-state index >= 15 is 0 Å². The Morgan fingerprint density at radius 3 is 2.37 bits per heavy atom. The van der Waals surface area contributed by atoms with Crippen molar-refractivity contribution in [3.8, 4) is 5.75 Å². The van der Waals surface area contributed by atoms with Crippen molar-refractivity contribution in [2.45, 2.75) is 33.4 Å². The molecule has 0 spiro atoms. The fourth-order valence-corrected chi connectivity index (χ4v) is 4.31. The Kier molecular flexibility index (Phi) is 6.82. The number of methoxy groups -OCH3 is 1. The van der Waals surface area contributed by atoms with Gasteiger partial charge in [0.2, 0.25) is 0 Å². The molecule has 2 aromatic heterocycles. The Morgan fingerprint density at radius 2 is 1.71 bits per heavy atom. The average molecular weight is 473 g/mol. The van der Waals surface area contributed by atoms with Crippen LogP contribution in [0.25, 0.3) is 10.8 Å². The maximum Gasteiger partial charge on any atom is 0.275 e. The number of nitrogens with zero attached hydrogens (tertiary/aromatic N) is 3. The van der Waals surface area contributed by atoms with Crippen molar-refractivity contribution in [3.05, 3.63) is 93.2 Å². The molecule has 0 saturated carbocycles. The molecular weight excluding hydrogens is 444 g/mol. The van der Waals surface area contributed by atoms with Gasteiger partial charge in [-0.3, -0.25) is 14.4 Å². The number of rotatable bonds is 8. The Balaban J connectivity index is 1.60. The molecule has 0 bridgehead atoms. The summed E-state index contributed by atoms with van der Waals surface area (Å²) in [6.07, 6.45) is 0.801. The average Bonchev–Trinajstić information content (AvgIpc) is 3.17. The molecule has 0 unspecified atom stereocenters. The molecular formula is C27H28N4O4. The number of carbonyl (C=O) groups excluding carboxylic acids is 2. The molecule has 4 aromatic rings. The number of fused-ring (bicyclic) bond motifs is 1. The lowest BCUT2D eigenvalue weighted by Crippen LogP contribution is -2.31. The van der Waals surface area contributed by atoms with Crippen LogP contribution in [0.4, 0.5) is 0 Å². The summed E-state index contributed by atoms with van der Waals surface area (Å²) in [5.74, 6) is 0.160. The highest BCUT2D eigenvalue weighted by Crippen LogP contribution is 2.19. The van der Waals surface area contributed by atoms with Gasteiger partial charge >= 0.3 is 0 Å². The molecule has 0 fully saturated rings. The fourth-order valence-electron chi connectivity index (χ4n) is 4.31. The second-order valence-corrected chi connectivity index (χ2v) is 8.39. The van der Waals surface area contributed by atoms with Gasteiger partial charge in [-0.15, -0.1) is 0 Å². The van der Waals surface area contributed by atoms with E-state index in [1.54, 1.807) is 31.4 Å². The van der Waals surface area contributed by atoms with Crippen LogP contribution in [0.3, 0.4) is 0 Å². The molecule has 4 rings (SSSR count).